The molecule has 0 aliphatic carbocycles. The second-order valence-corrected chi connectivity index (χ2v) is 4.42. The molecule has 1 unspecified atom stereocenters. The molecule has 0 saturated carbocycles. The van der Waals surface area contributed by atoms with Gasteiger partial charge in [-0.1, -0.05) is 11.6 Å². The van der Waals surface area contributed by atoms with E-state index in [4.69, 9.17) is 17.3 Å². The Morgan fingerprint density at radius 3 is 2.94 bits per heavy atom. The molecule has 0 aliphatic heterocycles. The first kappa shape index (κ1) is 13.9. The lowest BCUT2D eigenvalue weighted by molar-refractivity contribution is -0.121. The third kappa shape index (κ3) is 5.15. The van der Waals surface area contributed by atoms with Crippen molar-refractivity contribution in [3.05, 3.63) is 34.6 Å². The van der Waals surface area contributed by atoms with Gasteiger partial charge in [-0.15, -0.1) is 0 Å². The highest BCUT2D eigenvalue weighted by Gasteiger charge is 2.06. The van der Waals surface area contributed by atoms with Crippen molar-refractivity contribution in [3.63, 3.8) is 0 Å². The van der Waals surface area contributed by atoms with Crippen LogP contribution in [0.2, 0.25) is 5.02 Å². The SMILES string of the molecule is CC(N)CNC(=O)CCc1cc(F)ccc1Cl. The van der Waals surface area contributed by atoms with E-state index < -0.39 is 0 Å². The lowest BCUT2D eigenvalue weighted by atomic mass is 10.1. The van der Waals surface area contributed by atoms with E-state index in [9.17, 15) is 9.18 Å². The average Bonchev–Trinajstić information content (AvgIpc) is 2.27. The number of carbonyl (C=O) groups is 1. The molecule has 1 amide bonds. The highest BCUT2D eigenvalue weighted by molar-refractivity contribution is 6.31. The largest absolute Gasteiger partial charge is 0.355 e. The van der Waals surface area contributed by atoms with Crippen LogP contribution in [-0.2, 0) is 11.2 Å². The van der Waals surface area contributed by atoms with E-state index in [0.717, 1.165) is 0 Å². The van der Waals surface area contributed by atoms with Crippen molar-refractivity contribution in [2.45, 2.75) is 25.8 Å². The number of aryl methyl sites for hydroxylation is 1. The first-order chi connectivity index (χ1) is 7.99. The predicted molar refractivity (Wildman–Crippen MR) is 66.4 cm³/mol. The highest BCUT2D eigenvalue weighted by Crippen LogP contribution is 2.18. The molecule has 0 aliphatic rings. The van der Waals surface area contributed by atoms with Crippen molar-refractivity contribution in [1.29, 1.82) is 0 Å². The van der Waals surface area contributed by atoms with Crippen LogP contribution in [0, 0.1) is 5.82 Å². The molecule has 0 spiro atoms. The second kappa shape index (κ2) is 6.57. The van der Waals surface area contributed by atoms with Gasteiger partial charge >= 0.3 is 0 Å². The average molecular weight is 259 g/mol. The van der Waals surface area contributed by atoms with Crippen LogP contribution in [0.25, 0.3) is 0 Å². The maximum absolute atomic E-state index is 12.9. The first-order valence-corrected chi connectivity index (χ1v) is 5.83. The molecule has 94 valence electrons. The van der Waals surface area contributed by atoms with Crippen molar-refractivity contribution in [2.75, 3.05) is 6.54 Å². The lowest BCUT2D eigenvalue weighted by Crippen LogP contribution is -2.35. The highest BCUT2D eigenvalue weighted by atomic mass is 35.5. The molecule has 1 aromatic rings. The molecular weight excluding hydrogens is 243 g/mol. The van der Waals surface area contributed by atoms with Gasteiger partial charge in [-0.05, 0) is 37.1 Å². The molecule has 17 heavy (non-hydrogen) atoms. The number of halogens is 2. The van der Waals surface area contributed by atoms with Crippen molar-refractivity contribution < 1.29 is 9.18 Å². The van der Waals surface area contributed by atoms with Crippen LogP contribution in [0.3, 0.4) is 0 Å². The zero-order chi connectivity index (χ0) is 12.8. The maximum atomic E-state index is 12.9. The Hall–Kier alpha value is -1.13. The minimum Gasteiger partial charge on any atom is -0.355 e. The van der Waals surface area contributed by atoms with E-state index in [2.05, 4.69) is 5.32 Å². The summed E-state index contributed by atoms with van der Waals surface area (Å²) in [5, 5.41) is 3.16. The van der Waals surface area contributed by atoms with Gasteiger partial charge < -0.3 is 11.1 Å². The third-order valence-corrected chi connectivity index (χ3v) is 2.62. The van der Waals surface area contributed by atoms with Crippen molar-refractivity contribution in [2.24, 2.45) is 5.73 Å². The molecule has 1 rings (SSSR count). The van der Waals surface area contributed by atoms with E-state index in [1.165, 1.54) is 18.2 Å². The Bertz CT molecular complexity index is 396. The van der Waals surface area contributed by atoms with E-state index in [1.54, 1.807) is 0 Å². The minimum absolute atomic E-state index is 0.0725. The summed E-state index contributed by atoms with van der Waals surface area (Å²) in [7, 11) is 0. The van der Waals surface area contributed by atoms with Crippen LogP contribution in [0.4, 0.5) is 4.39 Å². The standard InChI is InChI=1S/C12H16ClFN2O/c1-8(15)7-16-12(17)5-2-9-6-10(14)3-4-11(9)13/h3-4,6,8H,2,5,7,15H2,1H3,(H,16,17). The van der Waals surface area contributed by atoms with E-state index in [0.29, 0.717) is 23.6 Å². The fourth-order valence-corrected chi connectivity index (χ4v) is 1.56. The van der Waals surface area contributed by atoms with Crippen LogP contribution in [0.5, 0.6) is 0 Å². The summed E-state index contributed by atoms with van der Waals surface area (Å²) in [5.74, 6) is -0.456. The number of nitrogens with two attached hydrogens (primary N) is 1. The van der Waals surface area contributed by atoms with Crippen LogP contribution in [0.15, 0.2) is 18.2 Å². The van der Waals surface area contributed by atoms with Gasteiger partial charge in [0.15, 0.2) is 0 Å². The van der Waals surface area contributed by atoms with Crippen molar-refractivity contribution in [3.8, 4) is 0 Å². The Morgan fingerprint density at radius 1 is 1.59 bits per heavy atom. The van der Waals surface area contributed by atoms with Crippen molar-refractivity contribution >= 4 is 17.5 Å². The van der Waals surface area contributed by atoms with Crippen LogP contribution >= 0.6 is 11.6 Å². The number of hydrogen-bond acceptors (Lipinski definition) is 2. The van der Waals surface area contributed by atoms with Gasteiger partial charge in [0.2, 0.25) is 5.91 Å². The zero-order valence-corrected chi connectivity index (χ0v) is 10.4. The number of nitrogens with one attached hydrogen (secondary N) is 1. The Balaban J connectivity index is 2.44. The molecule has 3 N–H and O–H groups in total. The summed E-state index contributed by atoms with van der Waals surface area (Å²) in [4.78, 5) is 11.4. The van der Waals surface area contributed by atoms with Crippen molar-refractivity contribution in [1.82, 2.24) is 5.32 Å². The molecule has 1 aromatic carbocycles. The summed E-state index contributed by atoms with van der Waals surface area (Å²) in [6, 6.07) is 4.06. The number of carbonyl (C=O) groups excluding carboxylic acids is 1. The third-order valence-electron chi connectivity index (χ3n) is 2.25. The Kier molecular flexibility index (Phi) is 5.38. The summed E-state index contributed by atoms with van der Waals surface area (Å²) in [5.41, 5.74) is 6.15. The molecule has 0 heterocycles. The predicted octanol–water partition coefficient (Wildman–Crippen LogP) is 1.88. The van der Waals surface area contributed by atoms with E-state index >= 15 is 0 Å². The van der Waals surface area contributed by atoms with E-state index in [1.807, 2.05) is 6.92 Å². The molecule has 3 nitrogen and oxygen atoms in total. The smallest absolute Gasteiger partial charge is 0.220 e. The van der Waals surface area contributed by atoms with Gasteiger partial charge in [-0.25, -0.2) is 4.39 Å². The fraction of sp³-hybridized carbons (Fsp3) is 0.417. The van der Waals surface area contributed by atoms with Gasteiger partial charge in [0.25, 0.3) is 0 Å². The first-order valence-electron chi connectivity index (χ1n) is 5.45. The normalized spacial score (nSPS) is 12.2. The topological polar surface area (TPSA) is 55.1 Å². The van der Waals surface area contributed by atoms with Gasteiger partial charge in [0.05, 0.1) is 0 Å². The van der Waals surface area contributed by atoms with Gasteiger partial charge in [0, 0.05) is 24.0 Å². The van der Waals surface area contributed by atoms with Crippen LogP contribution < -0.4 is 11.1 Å². The summed E-state index contributed by atoms with van der Waals surface area (Å²) in [6.45, 7) is 2.25. The number of hydrogen-bond donors (Lipinski definition) is 2. The summed E-state index contributed by atoms with van der Waals surface area (Å²) < 4.78 is 12.9. The molecule has 0 saturated heterocycles. The molecular formula is C12H16ClFN2O. The van der Waals surface area contributed by atoms with Crippen LogP contribution in [-0.4, -0.2) is 18.5 Å². The zero-order valence-electron chi connectivity index (χ0n) is 9.67. The second-order valence-electron chi connectivity index (χ2n) is 4.02. The molecule has 0 bridgehead atoms. The molecule has 0 aromatic heterocycles. The van der Waals surface area contributed by atoms with E-state index in [-0.39, 0.29) is 24.2 Å². The minimum atomic E-state index is -0.347. The number of rotatable bonds is 5. The molecule has 0 fully saturated rings. The molecule has 5 heteroatoms. The fourth-order valence-electron chi connectivity index (χ4n) is 1.35. The Labute approximate surface area is 105 Å². The molecule has 0 radical (unpaired) electrons. The number of amides is 1. The van der Waals surface area contributed by atoms with Gasteiger partial charge in [-0.3, -0.25) is 4.79 Å². The van der Waals surface area contributed by atoms with Crippen LogP contribution in [0.1, 0.15) is 18.9 Å². The number of benzene rings is 1. The molecule has 1 atom stereocenters. The Morgan fingerprint density at radius 2 is 2.29 bits per heavy atom. The summed E-state index contributed by atoms with van der Waals surface area (Å²) in [6.07, 6.45) is 0.692. The maximum Gasteiger partial charge on any atom is 0.220 e. The quantitative estimate of drug-likeness (QED) is 0.847. The van der Waals surface area contributed by atoms with Gasteiger partial charge in [-0.2, -0.15) is 0 Å². The van der Waals surface area contributed by atoms with Gasteiger partial charge in [0.1, 0.15) is 5.82 Å². The summed E-state index contributed by atoms with van der Waals surface area (Å²) >= 11 is 5.89. The monoisotopic (exact) mass is 258 g/mol. The lowest BCUT2D eigenvalue weighted by Gasteiger charge is -2.08.